The van der Waals surface area contributed by atoms with Gasteiger partial charge in [0.2, 0.25) is 10.0 Å². The molecule has 8 heteroatoms. The van der Waals surface area contributed by atoms with E-state index in [4.69, 9.17) is 4.74 Å². The van der Waals surface area contributed by atoms with Crippen LogP contribution in [-0.4, -0.2) is 50.0 Å². The minimum atomic E-state index is -3.47. The molecule has 0 spiro atoms. The Morgan fingerprint density at radius 1 is 1.38 bits per heavy atom. The Hall–Kier alpha value is -0.960. The van der Waals surface area contributed by atoms with Gasteiger partial charge in [0.1, 0.15) is 4.90 Å². The molecule has 0 radical (unpaired) electrons. The van der Waals surface area contributed by atoms with E-state index in [9.17, 15) is 8.42 Å². The molecular formula is C13H22N4O3S. The van der Waals surface area contributed by atoms with Crippen LogP contribution in [0.15, 0.2) is 17.3 Å². The van der Waals surface area contributed by atoms with E-state index in [1.807, 2.05) is 0 Å². The van der Waals surface area contributed by atoms with E-state index < -0.39 is 10.0 Å². The van der Waals surface area contributed by atoms with Crippen molar-refractivity contribution < 1.29 is 13.2 Å². The van der Waals surface area contributed by atoms with Gasteiger partial charge >= 0.3 is 0 Å². The molecule has 118 valence electrons. The number of hydrogen-bond acceptors (Lipinski definition) is 5. The van der Waals surface area contributed by atoms with E-state index in [0.717, 1.165) is 19.4 Å². The Morgan fingerprint density at radius 2 is 2.14 bits per heavy atom. The lowest BCUT2D eigenvalue weighted by atomic mass is 9.90. The number of methoxy groups -OCH3 is 1. The molecule has 1 aromatic heterocycles. The third kappa shape index (κ3) is 3.82. The predicted molar refractivity (Wildman–Crippen MR) is 77.4 cm³/mol. The molecule has 0 atom stereocenters. The molecule has 0 unspecified atom stereocenters. The van der Waals surface area contributed by atoms with Gasteiger partial charge in [0.05, 0.1) is 18.8 Å². The summed E-state index contributed by atoms with van der Waals surface area (Å²) in [6.07, 6.45) is 7.12. The van der Waals surface area contributed by atoms with Crippen LogP contribution in [-0.2, 0) is 21.3 Å². The average molecular weight is 314 g/mol. The van der Waals surface area contributed by atoms with Crippen molar-refractivity contribution in [2.75, 3.05) is 13.7 Å². The first-order valence-corrected chi connectivity index (χ1v) is 8.86. The zero-order valence-corrected chi connectivity index (χ0v) is 13.0. The Labute approximate surface area is 125 Å². The molecule has 2 aliphatic carbocycles. The van der Waals surface area contributed by atoms with Crippen LogP contribution < -0.4 is 10.0 Å². The van der Waals surface area contributed by atoms with Crippen molar-refractivity contribution in [1.82, 2.24) is 19.8 Å². The normalized spacial score (nSPS) is 25.8. The number of ether oxygens (including phenoxy) is 1. The van der Waals surface area contributed by atoms with E-state index in [1.54, 1.807) is 18.0 Å². The second-order valence-electron chi connectivity index (χ2n) is 5.81. The molecule has 3 rings (SSSR count). The molecular weight excluding hydrogens is 292 g/mol. The molecule has 0 aliphatic heterocycles. The molecule has 2 N–H and O–H groups in total. The van der Waals surface area contributed by atoms with Crippen LogP contribution in [0.4, 0.5) is 0 Å². The molecule has 0 aromatic carbocycles. The van der Waals surface area contributed by atoms with Crippen molar-refractivity contribution >= 4 is 10.0 Å². The average Bonchev–Trinajstić information content (AvgIpc) is 3.09. The molecule has 2 saturated carbocycles. The van der Waals surface area contributed by atoms with E-state index in [2.05, 4.69) is 15.1 Å². The molecule has 1 aromatic rings. The lowest BCUT2D eigenvalue weighted by molar-refractivity contribution is 0.0236. The summed E-state index contributed by atoms with van der Waals surface area (Å²) in [4.78, 5) is 0.231. The van der Waals surface area contributed by atoms with Gasteiger partial charge in [-0.25, -0.2) is 13.1 Å². The van der Waals surface area contributed by atoms with Crippen molar-refractivity contribution in [1.29, 1.82) is 0 Å². The van der Waals surface area contributed by atoms with Gasteiger partial charge < -0.3 is 10.1 Å². The van der Waals surface area contributed by atoms with Crippen molar-refractivity contribution in [2.24, 2.45) is 0 Å². The number of rotatable bonds is 8. The zero-order chi connectivity index (χ0) is 14.9. The van der Waals surface area contributed by atoms with Crippen LogP contribution >= 0.6 is 0 Å². The van der Waals surface area contributed by atoms with Gasteiger partial charge in [-0.3, -0.25) is 4.68 Å². The minimum Gasteiger partial charge on any atom is -0.381 e. The smallest absolute Gasteiger partial charge is 0.243 e. The topological polar surface area (TPSA) is 85.2 Å². The summed E-state index contributed by atoms with van der Waals surface area (Å²) in [7, 11) is -1.82. The Kier molecular flexibility index (Phi) is 4.30. The number of hydrogen-bond donors (Lipinski definition) is 2. The SMILES string of the molecule is COC1CC(NS(=O)(=O)c2cnn(CCNC3CC3)c2)C1. The van der Waals surface area contributed by atoms with Crippen LogP contribution in [0.2, 0.25) is 0 Å². The molecule has 1 heterocycles. The van der Waals surface area contributed by atoms with Crippen molar-refractivity contribution in [2.45, 2.75) is 55.3 Å². The predicted octanol–water partition coefficient (Wildman–Crippen LogP) is 0.0908. The summed E-state index contributed by atoms with van der Waals surface area (Å²) in [5.41, 5.74) is 0. The van der Waals surface area contributed by atoms with Gasteiger partial charge in [-0.1, -0.05) is 0 Å². The summed E-state index contributed by atoms with van der Waals surface area (Å²) < 4.78 is 33.9. The van der Waals surface area contributed by atoms with Crippen LogP contribution in [0, 0.1) is 0 Å². The van der Waals surface area contributed by atoms with Gasteiger partial charge in [-0.15, -0.1) is 0 Å². The van der Waals surface area contributed by atoms with E-state index in [0.29, 0.717) is 12.6 Å². The molecule has 7 nitrogen and oxygen atoms in total. The third-order valence-electron chi connectivity index (χ3n) is 4.02. The Bertz CT molecular complexity index is 576. The number of nitrogens with zero attached hydrogens (tertiary/aromatic N) is 2. The quantitative estimate of drug-likeness (QED) is 0.710. The van der Waals surface area contributed by atoms with Gasteiger partial charge in [-0.05, 0) is 25.7 Å². The van der Waals surface area contributed by atoms with Gasteiger partial charge in [0.25, 0.3) is 0 Å². The summed E-state index contributed by atoms with van der Waals surface area (Å²) in [6, 6.07) is 0.623. The largest absolute Gasteiger partial charge is 0.381 e. The van der Waals surface area contributed by atoms with Crippen LogP contribution in [0.25, 0.3) is 0 Å². The molecule has 2 aliphatic rings. The zero-order valence-electron chi connectivity index (χ0n) is 12.2. The molecule has 2 fully saturated rings. The standard InChI is InChI=1S/C13H22N4O3S/c1-20-12-6-11(7-12)16-21(18,19)13-8-15-17(9-13)5-4-14-10-2-3-10/h8-12,14,16H,2-7H2,1H3. The fraction of sp³-hybridized carbons (Fsp3) is 0.769. The highest BCUT2D eigenvalue weighted by molar-refractivity contribution is 7.89. The fourth-order valence-electron chi connectivity index (χ4n) is 2.42. The molecule has 21 heavy (non-hydrogen) atoms. The maximum absolute atomic E-state index is 12.2. The highest BCUT2D eigenvalue weighted by Gasteiger charge is 2.33. The van der Waals surface area contributed by atoms with Crippen LogP contribution in [0.5, 0.6) is 0 Å². The molecule has 0 saturated heterocycles. The van der Waals surface area contributed by atoms with Crippen molar-refractivity contribution in [3.8, 4) is 0 Å². The lowest BCUT2D eigenvalue weighted by Crippen LogP contribution is -2.47. The highest BCUT2D eigenvalue weighted by Crippen LogP contribution is 2.24. The number of aromatic nitrogens is 2. The first-order valence-electron chi connectivity index (χ1n) is 7.38. The first-order chi connectivity index (χ1) is 10.1. The first kappa shape index (κ1) is 15.0. The van der Waals surface area contributed by atoms with Crippen LogP contribution in [0.1, 0.15) is 25.7 Å². The monoisotopic (exact) mass is 314 g/mol. The molecule has 0 bridgehead atoms. The van der Waals surface area contributed by atoms with Gasteiger partial charge in [0, 0.05) is 31.9 Å². The highest BCUT2D eigenvalue weighted by atomic mass is 32.2. The Balaban J connectivity index is 1.51. The molecule has 0 amide bonds. The van der Waals surface area contributed by atoms with Crippen molar-refractivity contribution in [3.63, 3.8) is 0 Å². The van der Waals surface area contributed by atoms with E-state index in [-0.39, 0.29) is 17.0 Å². The maximum atomic E-state index is 12.2. The number of sulfonamides is 1. The minimum absolute atomic E-state index is 0.0279. The van der Waals surface area contributed by atoms with Crippen molar-refractivity contribution in [3.05, 3.63) is 12.4 Å². The van der Waals surface area contributed by atoms with Gasteiger partial charge in [0.15, 0.2) is 0 Å². The fourth-order valence-corrected chi connectivity index (χ4v) is 3.63. The second-order valence-corrected chi connectivity index (χ2v) is 7.53. The van der Waals surface area contributed by atoms with Gasteiger partial charge in [-0.2, -0.15) is 5.10 Å². The van der Waals surface area contributed by atoms with E-state index in [1.165, 1.54) is 19.0 Å². The summed E-state index contributed by atoms with van der Waals surface area (Å²) in [5, 5.41) is 7.49. The third-order valence-corrected chi connectivity index (χ3v) is 5.50. The number of nitrogens with one attached hydrogen (secondary N) is 2. The van der Waals surface area contributed by atoms with E-state index >= 15 is 0 Å². The van der Waals surface area contributed by atoms with Crippen LogP contribution in [0.3, 0.4) is 0 Å². The lowest BCUT2D eigenvalue weighted by Gasteiger charge is -2.34. The maximum Gasteiger partial charge on any atom is 0.243 e. The summed E-state index contributed by atoms with van der Waals surface area (Å²) in [6.45, 7) is 1.50. The Morgan fingerprint density at radius 3 is 2.81 bits per heavy atom. The summed E-state index contributed by atoms with van der Waals surface area (Å²) in [5.74, 6) is 0. The summed E-state index contributed by atoms with van der Waals surface area (Å²) >= 11 is 0. The second kappa shape index (κ2) is 6.04.